The van der Waals surface area contributed by atoms with E-state index in [2.05, 4.69) is 20.9 Å². The molecule has 0 radical (unpaired) electrons. The number of nitrogen functional groups attached to an aromatic ring is 1. The van der Waals surface area contributed by atoms with Gasteiger partial charge in [0, 0.05) is 4.47 Å². The van der Waals surface area contributed by atoms with Gasteiger partial charge in [-0.15, -0.1) is 0 Å². The fourth-order valence-electron chi connectivity index (χ4n) is 1.39. The first-order valence-corrected chi connectivity index (χ1v) is 5.95. The zero-order valence-corrected chi connectivity index (χ0v) is 11.1. The molecule has 0 aliphatic carbocycles. The molecule has 0 aliphatic heterocycles. The molecule has 0 unspecified atom stereocenters. The summed E-state index contributed by atoms with van der Waals surface area (Å²) in [5, 5.41) is 0. The highest BCUT2D eigenvalue weighted by Crippen LogP contribution is 2.28. The van der Waals surface area contributed by atoms with E-state index in [1.165, 1.54) is 24.4 Å². The number of nitrogens with zero attached hydrogens (tertiary/aromatic N) is 1. The van der Waals surface area contributed by atoms with E-state index in [1.54, 1.807) is 6.07 Å². The number of amides is 1. The molecule has 0 fully saturated rings. The molecular formula is C12H9BrFN3O2. The summed E-state index contributed by atoms with van der Waals surface area (Å²) in [5.74, 6) is -1.51. The molecule has 1 amide bonds. The maximum Gasteiger partial charge on any atom is 0.254 e. The zero-order valence-electron chi connectivity index (χ0n) is 9.56. The van der Waals surface area contributed by atoms with Crippen LogP contribution in [0, 0.1) is 5.82 Å². The predicted molar refractivity (Wildman–Crippen MR) is 71.3 cm³/mol. The Labute approximate surface area is 116 Å². The SMILES string of the molecule is NC(=O)c1cc(N)cnc1Oc1ccc(Br)cc1F. The second-order valence-electron chi connectivity index (χ2n) is 3.66. The molecule has 0 saturated heterocycles. The summed E-state index contributed by atoms with van der Waals surface area (Å²) < 4.78 is 19.4. The van der Waals surface area contributed by atoms with E-state index in [9.17, 15) is 9.18 Å². The summed E-state index contributed by atoms with van der Waals surface area (Å²) in [6.45, 7) is 0. The molecule has 0 atom stereocenters. The maximum atomic E-state index is 13.6. The number of pyridine rings is 1. The first kappa shape index (κ1) is 13.3. The van der Waals surface area contributed by atoms with E-state index in [1.807, 2.05) is 0 Å². The molecule has 0 aliphatic rings. The Morgan fingerprint density at radius 1 is 1.37 bits per heavy atom. The molecule has 0 saturated carbocycles. The highest BCUT2D eigenvalue weighted by molar-refractivity contribution is 9.10. The minimum atomic E-state index is -0.757. The Bertz CT molecular complexity index is 649. The Morgan fingerprint density at radius 2 is 2.11 bits per heavy atom. The van der Waals surface area contributed by atoms with Gasteiger partial charge in [-0.2, -0.15) is 0 Å². The van der Waals surface area contributed by atoms with Crippen LogP contribution in [0.1, 0.15) is 10.4 Å². The fourth-order valence-corrected chi connectivity index (χ4v) is 1.72. The van der Waals surface area contributed by atoms with Crippen LogP contribution >= 0.6 is 15.9 Å². The van der Waals surface area contributed by atoms with E-state index >= 15 is 0 Å². The molecule has 1 aromatic carbocycles. The van der Waals surface area contributed by atoms with Crippen LogP contribution < -0.4 is 16.2 Å². The maximum absolute atomic E-state index is 13.6. The second kappa shape index (κ2) is 5.23. The largest absolute Gasteiger partial charge is 0.435 e. The van der Waals surface area contributed by atoms with Crippen LogP contribution in [0.15, 0.2) is 34.9 Å². The number of anilines is 1. The molecule has 5 nitrogen and oxygen atoms in total. The van der Waals surface area contributed by atoms with Gasteiger partial charge in [0.15, 0.2) is 11.6 Å². The van der Waals surface area contributed by atoms with Crippen molar-refractivity contribution in [2.75, 3.05) is 5.73 Å². The van der Waals surface area contributed by atoms with E-state index in [-0.39, 0.29) is 22.9 Å². The van der Waals surface area contributed by atoms with Gasteiger partial charge in [-0.1, -0.05) is 15.9 Å². The fraction of sp³-hybridized carbons (Fsp3) is 0. The minimum absolute atomic E-state index is 0.0117. The van der Waals surface area contributed by atoms with Crippen molar-refractivity contribution in [3.63, 3.8) is 0 Å². The summed E-state index contributed by atoms with van der Waals surface area (Å²) in [6, 6.07) is 5.56. The van der Waals surface area contributed by atoms with E-state index in [0.29, 0.717) is 4.47 Å². The van der Waals surface area contributed by atoms with Gasteiger partial charge in [0.2, 0.25) is 5.88 Å². The van der Waals surface area contributed by atoms with Crippen LogP contribution in [0.5, 0.6) is 11.6 Å². The standard InChI is InChI=1S/C12H9BrFN3O2/c13-6-1-2-10(9(14)3-6)19-12-8(11(16)18)4-7(15)5-17-12/h1-5H,15H2,(H2,16,18). The molecule has 2 aromatic rings. The van der Waals surface area contributed by atoms with Crippen molar-refractivity contribution in [3.8, 4) is 11.6 Å². The average molecular weight is 326 g/mol. The Balaban J connectivity index is 2.40. The predicted octanol–water partition coefficient (Wildman–Crippen LogP) is 2.46. The average Bonchev–Trinajstić information content (AvgIpc) is 2.34. The van der Waals surface area contributed by atoms with E-state index < -0.39 is 11.7 Å². The Kier molecular flexibility index (Phi) is 3.66. The lowest BCUT2D eigenvalue weighted by Gasteiger charge is -2.09. The normalized spacial score (nSPS) is 10.2. The lowest BCUT2D eigenvalue weighted by atomic mass is 10.2. The highest BCUT2D eigenvalue weighted by atomic mass is 79.9. The summed E-state index contributed by atoms with van der Waals surface area (Å²) in [5.41, 5.74) is 10.9. The minimum Gasteiger partial charge on any atom is -0.435 e. The van der Waals surface area contributed by atoms with Crippen LogP contribution in [0.3, 0.4) is 0 Å². The van der Waals surface area contributed by atoms with Gasteiger partial charge in [-0.25, -0.2) is 9.37 Å². The number of primary amides is 1. The van der Waals surface area contributed by atoms with Gasteiger partial charge >= 0.3 is 0 Å². The van der Waals surface area contributed by atoms with Crippen LogP contribution in [-0.2, 0) is 0 Å². The third-order valence-electron chi connectivity index (χ3n) is 2.24. The van der Waals surface area contributed by atoms with Crippen LogP contribution in [0.4, 0.5) is 10.1 Å². The third-order valence-corrected chi connectivity index (χ3v) is 2.73. The Morgan fingerprint density at radius 3 is 2.74 bits per heavy atom. The summed E-state index contributed by atoms with van der Waals surface area (Å²) in [6.07, 6.45) is 1.29. The number of nitrogens with two attached hydrogens (primary N) is 2. The molecule has 0 spiro atoms. The molecule has 19 heavy (non-hydrogen) atoms. The Hall–Kier alpha value is -2.15. The summed E-state index contributed by atoms with van der Waals surface area (Å²) in [4.78, 5) is 15.1. The molecule has 0 bridgehead atoms. The van der Waals surface area contributed by atoms with Crippen molar-refractivity contribution in [2.45, 2.75) is 0 Å². The number of halogens is 2. The highest BCUT2D eigenvalue weighted by Gasteiger charge is 2.14. The van der Waals surface area contributed by atoms with E-state index in [0.717, 1.165) is 0 Å². The van der Waals surface area contributed by atoms with Gasteiger partial charge in [0.05, 0.1) is 11.9 Å². The molecule has 1 heterocycles. The smallest absolute Gasteiger partial charge is 0.254 e. The van der Waals surface area contributed by atoms with Crippen molar-refractivity contribution in [3.05, 3.63) is 46.3 Å². The van der Waals surface area contributed by atoms with Crippen LogP contribution in [0.25, 0.3) is 0 Å². The third kappa shape index (κ3) is 3.00. The molecule has 2 rings (SSSR count). The number of carbonyl (C=O) groups excluding carboxylic acids is 1. The molecular weight excluding hydrogens is 317 g/mol. The van der Waals surface area contributed by atoms with Crippen molar-refractivity contribution in [1.82, 2.24) is 4.98 Å². The number of ether oxygens (including phenoxy) is 1. The van der Waals surface area contributed by atoms with Crippen LogP contribution in [0.2, 0.25) is 0 Å². The quantitative estimate of drug-likeness (QED) is 0.906. The summed E-state index contributed by atoms with van der Waals surface area (Å²) >= 11 is 3.13. The van der Waals surface area contributed by atoms with Crippen molar-refractivity contribution in [1.29, 1.82) is 0 Å². The lowest BCUT2D eigenvalue weighted by Crippen LogP contribution is -2.13. The van der Waals surface area contributed by atoms with Crippen molar-refractivity contribution in [2.24, 2.45) is 5.73 Å². The van der Waals surface area contributed by atoms with Gasteiger partial charge < -0.3 is 16.2 Å². The first-order chi connectivity index (χ1) is 8.97. The molecule has 98 valence electrons. The molecule has 1 aromatic heterocycles. The van der Waals surface area contributed by atoms with Crippen LogP contribution in [-0.4, -0.2) is 10.9 Å². The number of benzene rings is 1. The monoisotopic (exact) mass is 325 g/mol. The number of hydrogen-bond acceptors (Lipinski definition) is 4. The second-order valence-corrected chi connectivity index (χ2v) is 4.58. The van der Waals surface area contributed by atoms with Crippen molar-refractivity contribution < 1.29 is 13.9 Å². The van der Waals surface area contributed by atoms with Gasteiger partial charge in [0.25, 0.3) is 5.91 Å². The van der Waals surface area contributed by atoms with Crippen molar-refractivity contribution >= 4 is 27.5 Å². The lowest BCUT2D eigenvalue weighted by molar-refractivity contribution is 0.0997. The zero-order chi connectivity index (χ0) is 14.0. The number of rotatable bonds is 3. The van der Waals surface area contributed by atoms with E-state index in [4.69, 9.17) is 16.2 Å². The summed E-state index contributed by atoms with van der Waals surface area (Å²) in [7, 11) is 0. The number of hydrogen-bond donors (Lipinski definition) is 2. The first-order valence-electron chi connectivity index (χ1n) is 5.15. The topological polar surface area (TPSA) is 91.2 Å². The van der Waals surface area contributed by atoms with Gasteiger partial charge in [-0.3, -0.25) is 4.79 Å². The molecule has 4 N–H and O–H groups in total. The number of carbonyl (C=O) groups is 1. The number of aromatic nitrogens is 1. The van der Waals surface area contributed by atoms with Gasteiger partial charge in [0.1, 0.15) is 5.56 Å². The molecule has 7 heteroatoms. The van der Waals surface area contributed by atoms with Gasteiger partial charge in [-0.05, 0) is 24.3 Å².